The molecule has 1 saturated carbocycles. The van der Waals surface area contributed by atoms with Crippen molar-refractivity contribution in [2.45, 2.75) is 16.7 Å². The van der Waals surface area contributed by atoms with Gasteiger partial charge in [-0.2, -0.15) is 0 Å². The smallest absolute Gasteiger partial charge is 0.255 e. The van der Waals surface area contributed by atoms with Crippen LogP contribution in [0.1, 0.15) is 28.3 Å². The summed E-state index contributed by atoms with van der Waals surface area (Å²) in [5, 5.41) is 4.64. The molecule has 0 aliphatic heterocycles. The topological polar surface area (TPSA) is 58.2 Å². The zero-order chi connectivity index (χ0) is 22.9. The molecule has 166 valence electrons. The lowest BCUT2D eigenvalue weighted by molar-refractivity contribution is -0.117. The van der Waals surface area contributed by atoms with Gasteiger partial charge in [-0.1, -0.05) is 29.3 Å². The fourth-order valence-corrected chi connectivity index (χ4v) is 4.58. The van der Waals surface area contributed by atoms with Crippen LogP contribution in [0.25, 0.3) is 0 Å². The van der Waals surface area contributed by atoms with Crippen LogP contribution in [0.15, 0.2) is 30.3 Å². The van der Waals surface area contributed by atoms with E-state index in [2.05, 4.69) is 10.6 Å². The molecule has 2 atom stereocenters. The first-order chi connectivity index (χ1) is 14.6. The van der Waals surface area contributed by atoms with Gasteiger partial charge < -0.3 is 10.6 Å². The normalized spacial score (nSPS) is 19.1. The molecule has 2 aromatic rings. The van der Waals surface area contributed by atoms with E-state index < -0.39 is 45.2 Å². The van der Waals surface area contributed by atoms with Crippen LogP contribution in [0.5, 0.6) is 0 Å². The van der Waals surface area contributed by atoms with Crippen LogP contribution >= 0.6 is 58.0 Å². The number of nitrogens with one attached hydrogen (secondary N) is 2. The summed E-state index contributed by atoms with van der Waals surface area (Å²) in [6.45, 7) is 0.236. The Kier molecular flexibility index (Phi) is 7.59. The minimum atomic E-state index is -1.49. The van der Waals surface area contributed by atoms with Gasteiger partial charge in [0.2, 0.25) is 5.91 Å². The number of carbonyl (C=O) groups is 2. The van der Waals surface area contributed by atoms with Gasteiger partial charge in [0.15, 0.2) is 5.82 Å². The minimum Gasteiger partial charge on any atom is -0.352 e. The highest BCUT2D eigenvalue weighted by Gasteiger charge is 2.67. The quantitative estimate of drug-likeness (QED) is 0.333. The molecule has 2 amide bonds. The molecule has 1 fully saturated rings. The first-order valence-corrected chi connectivity index (χ1v) is 11.1. The summed E-state index contributed by atoms with van der Waals surface area (Å²) >= 11 is 29.8. The molecule has 0 radical (unpaired) electrons. The van der Waals surface area contributed by atoms with Crippen molar-refractivity contribution >= 4 is 75.5 Å². The van der Waals surface area contributed by atoms with E-state index in [0.717, 1.165) is 6.07 Å². The highest BCUT2D eigenvalue weighted by molar-refractivity contribution is 6.53. The van der Waals surface area contributed by atoms with Crippen LogP contribution in [-0.2, 0) is 4.79 Å². The average molecular weight is 531 g/mol. The first kappa shape index (κ1) is 24.3. The number of hydrogen-bond donors (Lipinski definition) is 2. The van der Waals surface area contributed by atoms with E-state index in [1.165, 1.54) is 24.3 Å². The zero-order valence-corrected chi connectivity index (χ0v) is 19.4. The largest absolute Gasteiger partial charge is 0.352 e. The predicted molar refractivity (Wildman–Crippen MR) is 120 cm³/mol. The molecular weight excluding hydrogens is 515 g/mol. The first-order valence-electron chi connectivity index (χ1n) is 9.05. The summed E-state index contributed by atoms with van der Waals surface area (Å²) in [5.41, 5.74) is -0.203. The lowest BCUT2D eigenvalue weighted by Crippen LogP contribution is -2.27. The molecule has 2 aromatic carbocycles. The Morgan fingerprint density at radius 1 is 1.06 bits per heavy atom. The van der Waals surface area contributed by atoms with E-state index in [4.69, 9.17) is 58.0 Å². The fourth-order valence-electron chi connectivity index (χ4n) is 3.20. The third-order valence-corrected chi connectivity index (χ3v) is 6.62. The maximum Gasteiger partial charge on any atom is 0.255 e. The van der Waals surface area contributed by atoms with Crippen LogP contribution in [0, 0.1) is 17.6 Å². The van der Waals surface area contributed by atoms with Crippen LogP contribution in [-0.4, -0.2) is 28.6 Å². The monoisotopic (exact) mass is 528 g/mol. The standard InChI is InChI=1S/C20H15Cl5F2N2O2/c21-6-1-7-28-18(30)14-10(22)3-5-13(17(14)27)29-19(31)16-15(20(16,24)25)9-2-4-12(26)11(23)8-9/h2-5,8,15-16H,1,6-7H2,(H,28,30)(H,29,31)/t15-,16?/m0/s1. The van der Waals surface area contributed by atoms with Crippen molar-refractivity contribution in [2.75, 3.05) is 17.7 Å². The second-order valence-corrected chi connectivity index (χ2v) is 9.51. The predicted octanol–water partition coefficient (Wildman–Crippen LogP) is 6.16. The van der Waals surface area contributed by atoms with Crippen molar-refractivity contribution in [1.82, 2.24) is 5.32 Å². The van der Waals surface area contributed by atoms with Gasteiger partial charge in [0, 0.05) is 18.3 Å². The van der Waals surface area contributed by atoms with E-state index in [0.29, 0.717) is 17.9 Å². The molecular formula is C20H15Cl5F2N2O2. The minimum absolute atomic E-state index is 0.117. The lowest BCUT2D eigenvalue weighted by atomic mass is 10.1. The molecule has 0 spiro atoms. The Morgan fingerprint density at radius 2 is 1.77 bits per heavy atom. The molecule has 2 N–H and O–H groups in total. The Balaban J connectivity index is 1.79. The van der Waals surface area contributed by atoms with E-state index in [1.807, 2.05) is 0 Å². The molecule has 11 heteroatoms. The van der Waals surface area contributed by atoms with E-state index in [-0.39, 0.29) is 22.3 Å². The lowest BCUT2D eigenvalue weighted by Gasteiger charge is -2.12. The number of benzene rings is 2. The van der Waals surface area contributed by atoms with Crippen LogP contribution < -0.4 is 10.6 Å². The molecule has 1 aliphatic carbocycles. The van der Waals surface area contributed by atoms with Crippen molar-refractivity contribution in [3.05, 3.63) is 63.1 Å². The summed E-state index contributed by atoms with van der Waals surface area (Å²) in [6, 6.07) is 6.41. The van der Waals surface area contributed by atoms with Gasteiger partial charge in [0.1, 0.15) is 10.2 Å². The fraction of sp³-hybridized carbons (Fsp3) is 0.300. The maximum atomic E-state index is 14.9. The number of amides is 2. The van der Waals surface area contributed by atoms with Gasteiger partial charge in [0.25, 0.3) is 5.91 Å². The number of alkyl halides is 3. The zero-order valence-electron chi connectivity index (χ0n) is 15.6. The summed E-state index contributed by atoms with van der Waals surface area (Å²) in [7, 11) is 0. The SMILES string of the molecule is O=C(NCCCCl)c1c(Cl)ccc(NC(=O)C2[C@H](c3ccc(F)c(Cl)c3)C2(Cl)Cl)c1F. The van der Waals surface area contributed by atoms with Gasteiger partial charge in [-0.05, 0) is 36.2 Å². The van der Waals surface area contributed by atoms with Gasteiger partial charge >= 0.3 is 0 Å². The van der Waals surface area contributed by atoms with Gasteiger partial charge in [-0.25, -0.2) is 8.78 Å². The van der Waals surface area contributed by atoms with Crippen molar-refractivity contribution in [2.24, 2.45) is 5.92 Å². The number of rotatable bonds is 7. The van der Waals surface area contributed by atoms with Crippen molar-refractivity contribution in [1.29, 1.82) is 0 Å². The summed E-state index contributed by atoms with van der Waals surface area (Å²) in [5.74, 6) is -4.34. The summed E-state index contributed by atoms with van der Waals surface area (Å²) in [6.07, 6.45) is 0.493. The highest BCUT2D eigenvalue weighted by Crippen LogP contribution is 2.65. The van der Waals surface area contributed by atoms with E-state index >= 15 is 0 Å². The Morgan fingerprint density at radius 3 is 2.42 bits per heavy atom. The van der Waals surface area contributed by atoms with Crippen LogP contribution in [0.3, 0.4) is 0 Å². The second-order valence-electron chi connectivity index (χ2n) is 6.88. The van der Waals surface area contributed by atoms with E-state index in [9.17, 15) is 18.4 Å². The average Bonchev–Trinajstić information content (AvgIpc) is 3.28. The number of carbonyl (C=O) groups excluding carboxylic acids is 2. The molecule has 31 heavy (non-hydrogen) atoms. The number of anilines is 1. The van der Waals surface area contributed by atoms with Crippen molar-refractivity contribution in [3.63, 3.8) is 0 Å². The second kappa shape index (κ2) is 9.67. The Labute approximate surface area is 202 Å². The number of halogens is 7. The molecule has 3 rings (SSSR count). The van der Waals surface area contributed by atoms with Gasteiger partial charge in [-0.15, -0.1) is 34.8 Å². The summed E-state index contributed by atoms with van der Waals surface area (Å²) < 4.78 is 26.9. The van der Waals surface area contributed by atoms with Gasteiger partial charge in [-0.3, -0.25) is 9.59 Å². The molecule has 0 saturated heterocycles. The van der Waals surface area contributed by atoms with Gasteiger partial charge in [0.05, 0.1) is 27.2 Å². The summed E-state index contributed by atoms with van der Waals surface area (Å²) in [4.78, 5) is 25.0. The molecule has 1 unspecified atom stereocenters. The number of hydrogen-bond acceptors (Lipinski definition) is 2. The van der Waals surface area contributed by atoms with Crippen LogP contribution in [0.4, 0.5) is 14.5 Å². The van der Waals surface area contributed by atoms with E-state index in [1.54, 1.807) is 0 Å². The third-order valence-electron chi connectivity index (χ3n) is 4.81. The molecule has 4 nitrogen and oxygen atoms in total. The molecule has 1 aliphatic rings. The van der Waals surface area contributed by atoms with Crippen molar-refractivity contribution in [3.8, 4) is 0 Å². The van der Waals surface area contributed by atoms with Crippen LogP contribution in [0.2, 0.25) is 10.0 Å². The van der Waals surface area contributed by atoms with Crippen molar-refractivity contribution < 1.29 is 18.4 Å². The Hall–Kier alpha value is -1.31. The third kappa shape index (κ3) is 5.04. The molecule has 0 heterocycles. The molecule has 0 bridgehead atoms. The maximum absolute atomic E-state index is 14.9. The Bertz CT molecular complexity index is 1030. The highest BCUT2D eigenvalue weighted by atomic mass is 35.5. The molecule has 0 aromatic heterocycles.